The summed E-state index contributed by atoms with van der Waals surface area (Å²) in [7, 11) is 1.42. The Balaban J connectivity index is 1.96. The second-order valence-corrected chi connectivity index (χ2v) is 6.69. The van der Waals surface area contributed by atoms with Crippen molar-refractivity contribution in [3.8, 4) is 11.5 Å². The summed E-state index contributed by atoms with van der Waals surface area (Å²) in [5.41, 5.74) is 0.281. The molecule has 0 bridgehead atoms. The highest BCUT2D eigenvalue weighted by Gasteiger charge is 2.21. The van der Waals surface area contributed by atoms with Gasteiger partial charge in [0.15, 0.2) is 11.5 Å². The van der Waals surface area contributed by atoms with Crippen LogP contribution in [-0.2, 0) is 6.54 Å². The minimum atomic E-state index is -0.382. The number of rotatable bonds is 6. The van der Waals surface area contributed by atoms with Gasteiger partial charge in [-0.15, -0.1) is 0 Å². The zero-order valence-corrected chi connectivity index (χ0v) is 16.3. The number of phenols is 1. The Morgan fingerprint density at radius 2 is 2.11 bits per heavy atom. The van der Waals surface area contributed by atoms with Gasteiger partial charge in [0.25, 0.3) is 11.5 Å². The minimum Gasteiger partial charge on any atom is -0.504 e. The highest BCUT2D eigenvalue weighted by atomic mass is 35.5. The van der Waals surface area contributed by atoms with Crippen LogP contribution in [0.5, 0.6) is 11.5 Å². The third-order valence-electron chi connectivity index (χ3n) is 4.29. The van der Waals surface area contributed by atoms with Crippen LogP contribution in [0.25, 0.3) is 10.9 Å². The van der Waals surface area contributed by atoms with Gasteiger partial charge in [0.1, 0.15) is 5.82 Å². The van der Waals surface area contributed by atoms with Crippen LogP contribution in [0.1, 0.15) is 29.5 Å². The fourth-order valence-electron chi connectivity index (χ4n) is 2.97. The Labute approximate surface area is 166 Å². The van der Waals surface area contributed by atoms with Crippen molar-refractivity contribution >= 4 is 28.4 Å². The summed E-state index contributed by atoms with van der Waals surface area (Å²) in [6.45, 7) is 2.44. The summed E-state index contributed by atoms with van der Waals surface area (Å²) >= 11 is 6.00. The van der Waals surface area contributed by atoms with Crippen LogP contribution in [0.15, 0.2) is 41.2 Å². The summed E-state index contributed by atoms with van der Waals surface area (Å²) in [6.07, 6.45) is 0.695. The number of amides is 1. The van der Waals surface area contributed by atoms with Crippen molar-refractivity contribution in [2.75, 3.05) is 13.7 Å². The van der Waals surface area contributed by atoms with Crippen molar-refractivity contribution in [2.24, 2.45) is 0 Å². The Hall–Kier alpha value is -3.06. The molecule has 1 aromatic heterocycles. The van der Waals surface area contributed by atoms with Crippen LogP contribution < -0.4 is 10.3 Å². The third-order valence-corrected chi connectivity index (χ3v) is 4.52. The Morgan fingerprint density at radius 3 is 2.82 bits per heavy atom. The van der Waals surface area contributed by atoms with Crippen molar-refractivity contribution < 1.29 is 14.6 Å². The number of benzene rings is 2. The molecule has 3 aromatic rings. The Bertz CT molecular complexity index is 1080. The van der Waals surface area contributed by atoms with Crippen molar-refractivity contribution in [1.82, 2.24) is 14.9 Å². The molecule has 3 rings (SSSR count). The number of phenolic OH excluding ortho intramolecular Hbond substituents is 1. The van der Waals surface area contributed by atoms with Crippen LogP contribution in [0, 0.1) is 0 Å². The lowest BCUT2D eigenvalue weighted by Gasteiger charge is -2.22. The maximum absolute atomic E-state index is 13.0. The lowest BCUT2D eigenvalue weighted by Crippen LogP contribution is -2.33. The molecule has 0 radical (unpaired) electrons. The predicted octanol–water partition coefficient (Wildman–Crippen LogP) is 3.34. The van der Waals surface area contributed by atoms with Crippen LogP contribution >= 0.6 is 11.6 Å². The number of carbonyl (C=O) groups is 1. The van der Waals surface area contributed by atoms with Gasteiger partial charge in [0, 0.05) is 11.6 Å². The number of hydrogen-bond donors (Lipinski definition) is 2. The topological polar surface area (TPSA) is 95.5 Å². The molecule has 2 N–H and O–H groups in total. The molecule has 1 heterocycles. The van der Waals surface area contributed by atoms with Crippen molar-refractivity contribution in [2.45, 2.75) is 19.9 Å². The minimum absolute atomic E-state index is 0.0843. The molecule has 0 unspecified atom stereocenters. The summed E-state index contributed by atoms with van der Waals surface area (Å²) in [6, 6.07) is 9.57. The van der Waals surface area contributed by atoms with Crippen LogP contribution in [0.4, 0.5) is 0 Å². The molecule has 0 saturated heterocycles. The number of methoxy groups -OCH3 is 1. The fourth-order valence-corrected chi connectivity index (χ4v) is 3.14. The van der Waals surface area contributed by atoms with Crippen LogP contribution in [0.2, 0.25) is 5.02 Å². The van der Waals surface area contributed by atoms with E-state index in [2.05, 4.69) is 9.97 Å². The number of hydrogen-bond acceptors (Lipinski definition) is 5. The van der Waals surface area contributed by atoms with Crippen LogP contribution in [-0.4, -0.2) is 39.5 Å². The lowest BCUT2D eigenvalue weighted by atomic mass is 10.1. The number of para-hydroxylation sites is 1. The number of nitrogens with one attached hydrogen (secondary N) is 1. The van der Waals surface area contributed by atoms with Gasteiger partial charge in [-0.05, 0) is 36.8 Å². The van der Waals surface area contributed by atoms with Crippen molar-refractivity contribution in [3.63, 3.8) is 0 Å². The first kappa shape index (κ1) is 19.7. The Morgan fingerprint density at radius 1 is 1.32 bits per heavy atom. The average molecular weight is 402 g/mol. The summed E-state index contributed by atoms with van der Waals surface area (Å²) in [4.78, 5) is 34.0. The summed E-state index contributed by atoms with van der Waals surface area (Å²) < 4.78 is 5.08. The molecule has 0 spiro atoms. The van der Waals surface area contributed by atoms with E-state index in [0.717, 1.165) is 0 Å². The molecule has 7 nitrogen and oxygen atoms in total. The van der Waals surface area contributed by atoms with E-state index in [1.807, 2.05) is 6.92 Å². The molecule has 0 atom stereocenters. The number of ether oxygens (including phenoxy) is 1. The molecule has 2 aromatic carbocycles. The molecule has 0 aliphatic heterocycles. The molecule has 28 heavy (non-hydrogen) atoms. The number of H-pyrrole nitrogens is 1. The van der Waals surface area contributed by atoms with Gasteiger partial charge in [0.2, 0.25) is 0 Å². The van der Waals surface area contributed by atoms with Crippen LogP contribution in [0.3, 0.4) is 0 Å². The largest absolute Gasteiger partial charge is 0.504 e. The standard InChI is InChI=1S/C20H20ClN3O4/c1-3-9-24(20(27)14-5-4-6-16(28-2)18(14)25)11-17-22-15-10-12(21)7-8-13(15)19(26)23-17/h4-8,10,25H,3,9,11H2,1-2H3,(H,22,23,26). The first-order chi connectivity index (χ1) is 13.4. The molecule has 8 heteroatoms. The molecule has 0 fully saturated rings. The number of halogens is 1. The zero-order chi connectivity index (χ0) is 20.3. The van der Waals surface area contributed by atoms with Gasteiger partial charge in [-0.25, -0.2) is 4.98 Å². The maximum Gasteiger partial charge on any atom is 0.258 e. The van der Waals surface area contributed by atoms with Gasteiger partial charge >= 0.3 is 0 Å². The van der Waals surface area contributed by atoms with Gasteiger partial charge < -0.3 is 19.7 Å². The molecule has 0 aliphatic carbocycles. The molecule has 1 amide bonds. The summed E-state index contributed by atoms with van der Waals surface area (Å²) in [5, 5.41) is 11.2. The van der Waals surface area contributed by atoms with E-state index in [1.165, 1.54) is 18.1 Å². The van der Waals surface area contributed by atoms with E-state index in [9.17, 15) is 14.7 Å². The number of aromatic hydroxyl groups is 1. The fraction of sp³-hybridized carbons (Fsp3) is 0.250. The third kappa shape index (κ3) is 3.94. The smallest absolute Gasteiger partial charge is 0.258 e. The van der Waals surface area contributed by atoms with E-state index < -0.39 is 0 Å². The molecule has 146 valence electrons. The van der Waals surface area contributed by atoms with Gasteiger partial charge in [-0.1, -0.05) is 24.6 Å². The lowest BCUT2D eigenvalue weighted by molar-refractivity contribution is 0.0735. The zero-order valence-electron chi connectivity index (χ0n) is 15.5. The highest BCUT2D eigenvalue weighted by molar-refractivity contribution is 6.31. The molecular weight excluding hydrogens is 382 g/mol. The first-order valence-electron chi connectivity index (χ1n) is 8.78. The SMILES string of the molecule is CCCN(Cc1nc2cc(Cl)ccc2c(=O)[nH]1)C(=O)c1cccc(OC)c1O. The predicted molar refractivity (Wildman–Crippen MR) is 107 cm³/mol. The van der Waals surface area contributed by atoms with Gasteiger partial charge in [0.05, 0.1) is 30.1 Å². The monoisotopic (exact) mass is 401 g/mol. The molecule has 0 saturated carbocycles. The van der Waals surface area contributed by atoms with Crippen molar-refractivity contribution in [3.05, 3.63) is 63.2 Å². The van der Waals surface area contributed by atoms with E-state index in [4.69, 9.17) is 16.3 Å². The molecular formula is C20H20ClN3O4. The average Bonchev–Trinajstić information content (AvgIpc) is 2.67. The summed E-state index contributed by atoms with van der Waals surface area (Å²) in [5.74, 6) is -0.0481. The van der Waals surface area contributed by atoms with E-state index >= 15 is 0 Å². The number of fused-ring (bicyclic) bond motifs is 1. The molecule has 0 aliphatic rings. The van der Waals surface area contributed by atoms with E-state index in [-0.39, 0.29) is 35.1 Å². The maximum atomic E-state index is 13.0. The number of aromatic amines is 1. The van der Waals surface area contributed by atoms with Crippen molar-refractivity contribution in [1.29, 1.82) is 0 Å². The first-order valence-corrected chi connectivity index (χ1v) is 9.16. The quantitative estimate of drug-likeness (QED) is 0.660. The van der Waals surface area contributed by atoms with E-state index in [1.54, 1.807) is 30.3 Å². The Kier molecular flexibility index (Phi) is 5.84. The van der Waals surface area contributed by atoms with E-state index in [0.29, 0.717) is 34.7 Å². The van der Waals surface area contributed by atoms with Gasteiger partial charge in [-0.3, -0.25) is 9.59 Å². The number of aromatic nitrogens is 2. The second kappa shape index (κ2) is 8.31. The highest BCUT2D eigenvalue weighted by Crippen LogP contribution is 2.30. The van der Waals surface area contributed by atoms with Gasteiger partial charge in [-0.2, -0.15) is 0 Å². The number of carbonyl (C=O) groups excluding carboxylic acids is 1. The number of nitrogens with zero attached hydrogens (tertiary/aromatic N) is 2. The normalized spacial score (nSPS) is 10.8. The second-order valence-electron chi connectivity index (χ2n) is 6.26.